The lowest BCUT2D eigenvalue weighted by molar-refractivity contribution is 0.0116. The summed E-state index contributed by atoms with van der Waals surface area (Å²) in [7, 11) is 1.71. The fourth-order valence-electron chi connectivity index (χ4n) is 1.91. The first-order valence-electron chi connectivity index (χ1n) is 5.19. The second-order valence-corrected chi connectivity index (χ2v) is 3.92. The number of hydrogen-bond acceptors (Lipinski definition) is 3. The van der Waals surface area contributed by atoms with Crippen molar-refractivity contribution in [2.75, 3.05) is 26.8 Å². The first-order chi connectivity index (χ1) is 6.27. The number of ether oxygens (including phenoxy) is 1. The van der Waals surface area contributed by atoms with E-state index in [0.717, 1.165) is 51.8 Å². The zero-order valence-corrected chi connectivity index (χ0v) is 8.51. The summed E-state index contributed by atoms with van der Waals surface area (Å²) in [5, 5.41) is 13.5. The first kappa shape index (κ1) is 11.0. The third-order valence-electron chi connectivity index (χ3n) is 2.75. The minimum atomic E-state index is -0.429. The normalized spacial score (nSPS) is 30.0. The van der Waals surface area contributed by atoms with E-state index in [4.69, 9.17) is 4.74 Å². The maximum absolute atomic E-state index is 10.2. The molecule has 0 aromatic heterocycles. The standard InChI is InChI=1S/C10H21NO2/c1-13-9-3-5-10(12)4-2-7-11-8-6-10/h11-12H,2-9H2,1H3. The van der Waals surface area contributed by atoms with Crippen molar-refractivity contribution >= 4 is 0 Å². The average Bonchev–Trinajstić information content (AvgIpc) is 2.31. The van der Waals surface area contributed by atoms with Gasteiger partial charge in [0.05, 0.1) is 5.60 Å². The lowest BCUT2D eigenvalue weighted by atomic mass is 9.90. The molecule has 3 nitrogen and oxygen atoms in total. The number of nitrogens with one attached hydrogen (secondary N) is 1. The molecule has 1 aliphatic heterocycles. The number of rotatable bonds is 4. The van der Waals surface area contributed by atoms with Crippen LogP contribution in [0.5, 0.6) is 0 Å². The van der Waals surface area contributed by atoms with Crippen molar-refractivity contribution in [2.24, 2.45) is 0 Å². The Morgan fingerprint density at radius 3 is 3.00 bits per heavy atom. The summed E-state index contributed by atoms with van der Waals surface area (Å²) in [4.78, 5) is 0. The number of methoxy groups -OCH3 is 1. The number of aliphatic hydroxyl groups is 1. The average molecular weight is 187 g/mol. The molecule has 0 aromatic rings. The highest BCUT2D eigenvalue weighted by molar-refractivity contribution is 4.81. The van der Waals surface area contributed by atoms with E-state index in [-0.39, 0.29) is 0 Å². The number of hydrogen-bond donors (Lipinski definition) is 2. The summed E-state index contributed by atoms with van der Waals surface area (Å²) in [5.74, 6) is 0. The van der Waals surface area contributed by atoms with Crippen molar-refractivity contribution in [1.82, 2.24) is 5.32 Å². The highest BCUT2D eigenvalue weighted by Gasteiger charge is 2.26. The second-order valence-electron chi connectivity index (χ2n) is 3.92. The Kier molecular flexibility index (Phi) is 4.70. The molecule has 0 bridgehead atoms. The zero-order valence-electron chi connectivity index (χ0n) is 8.51. The topological polar surface area (TPSA) is 41.5 Å². The van der Waals surface area contributed by atoms with Gasteiger partial charge in [0.15, 0.2) is 0 Å². The van der Waals surface area contributed by atoms with Gasteiger partial charge in [-0.05, 0) is 45.2 Å². The third kappa shape index (κ3) is 4.07. The first-order valence-corrected chi connectivity index (χ1v) is 5.19. The van der Waals surface area contributed by atoms with Crippen LogP contribution in [-0.2, 0) is 4.74 Å². The Hall–Kier alpha value is -0.120. The van der Waals surface area contributed by atoms with Gasteiger partial charge in [0.1, 0.15) is 0 Å². The molecule has 0 aliphatic carbocycles. The highest BCUT2D eigenvalue weighted by atomic mass is 16.5. The van der Waals surface area contributed by atoms with Crippen molar-refractivity contribution in [3.63, 3.8) is 0 Å². The predicted molar refractivity (Wildman–Crippen MR) is 52.8 cm³/mol. The molecule has 1 atom stereocenters. The summed E-state index contributed by atoms with van der Waals surface area (Å²) in [5.41, 5.74) is -0.429. The van der Waals surface area contributed by atoms with E-state index in [0.29, 0.717) is 0 Å². The van der Waals surface area contributed by atoms with Crippen LogP contribution in [0.1, 0.15) is 32.1 Å². The minimum Gasteiger partial charge on any atom is -0.390 e. The summed E-state index contributed by atoms with van der Waals surface area (Å²) >= 11 is 0. The van der Waals surface area contributed by atoms with Gasteiger partial charge in [-0.1, -0.05) is 0 Å². The Morgan fingerprint density at radius 1 is 1.38 bits per heavy atom. The SMILES string of the molecule is COCCCC1(O)CCCNCC1. The maximum Gasteiger partial charge on any atom is 0.0661 e. The van der Waals surface area contributed by atoms with Gasteiger partial charge in [0.2, 0.25) is 0 Å². The zero-order chi connectivity index (χ0) is 9.57. The summed E-state index contributed by atoms with van der Waals surface area (Å²) in [6.07, 6.45) is 4.75. The van der Waals surface area contributed by atoms with Crippen LogP contribution in [0.3, 0.4) is 0 Å². The van der Waals surface area contributed by atoms with Gasteiger partial charge in [0, 0.05) is 13.7 Å². The molecule has 0 spiro atoms. The van der Waals surface area contributed by atoms with Crippen molar-refractivity contribution in [2.45, 2.75) is 37.7 Å². The fourth-order valence-corrected chi connectivity index (χ4v) is 1.91. The van der Waals surface area contributed by atoms with Gasteiger partial charge in [-0.2, -0.15) is 0 Å². The van der Waals surface area contributed by atoms with E-state index in [1.54, 1.807) is 7.11 Å². The van der Waals surface area contributed by atoms with Crippen LogP contribution in [0.4, 0.5) is 0 Å². The van der Waals surface area contributed by atoms with Crippen LogP contribution in [0.2, 0.25) is 0 Å². The molecule has 13 heavy (non-hydrogen) atoms. The van der Waals surface area contributed by atoms with Crippen LogP contribution in [-0.4, -0.2) is 37.5 Å². The van der Waals surface area contributed by atoms with E-state index >= 15 is 0 Å². The van der Waals surface area contributed by atoms with Crippen LogP contribution < -0.4 is 5.32 Å². The predicted octanol–water partition coefficient (Wildman–Crippen LogP) is 0.918. The molecule has 0 radical (unpaired) electrons. The smallest absolute Gasteiger partial charge is 0.0661 e. The van der Waals surface area contributed by atoms with Gasteiger partial charge >= 0.3 is 0 Å². The summed E-state index contributed by atoms with van der Waals surface area (Å²) in [6.45, 7) is 2.76. The summed E-state index contributed by atoms with van der Waals surface area (Å²) < 4.78 is 4.98. The Labute approximate surface area is 80.5 Å². The molecule has 0 saturated carbocycles. The van der Waals surface area contributed by atoms with Crippen molar-refractivity contribution in [3.8, 4) is 0 Å². The monoisotopic (exact) mass is 187 g/mol. The lowest BCUT2D eigenvalue weighted by Crippen LogP contribution is -2.30. The fraction of sp³-hybridized carbons (Fsp3) is 1.00. The van der Waals surface area contributed by atoms with Gasteiger partial charge in [-0.25, -0.2) is 0 Å². The molecule has 1 rings (SSSR count). The second kappa shape index (κ2) is 5.58. The molecule has 0 aromatic carbocycles. The largest absolute Gasteiger partial charge is 0.390 e. The molecule has 1 aliphatic rings. The lowest BCUT2D eigenvalue weighted by Gasteiger charge is -2.25. The molecule has 0 amide bonds. The van der Waals surface area contributed by atoms with Crippen LogP contribution in [0.25, 0.3) is 0 Å². The molecule has 1 heterocycles. The Balaban J connectivity index is 2.25. The van der Waals surface area contributed by atoms with E-state index in [1.807, 2.05) is 0 Å². The molecular weight excluding hydrogens is 166 g/mol. The van der Waals surface area contributed by atoms with Crippen molar-refractivity contribution in [1.29, 1.82) is 0 Å². The van der Waals surface area contributed by atoms with Crippen LogP contribution >= 0.6 is 0 Å². The van der Waals surface area contributed by atoms with Crippen molar-refractivity contribution in [3.05, 3.63) is 0 Å². The van der Waals surface area contributed by atoms with Gasteiger partial charge in [-0.15, -0.1) is 0 Å². The van der Waals surface area contributed by atoms with Crippen LogP contribution in [0.15, 0.2) is 0 Å². The van der Waals surface area contributed by atoms with E-state index in [9.17, 15) is 5.11 Å². The molecular formula is C10H21NO2. The van der Waals surface area contributed by atoms with E-state index in [2.05, 4.69) is 5.32 Å². The molecule has 2 N–H and O–H groups in total. The quantitative estimate of drug-likeness (QED) is 0.643. The van der Waals surface area contributed by atoms with E-state index < -0.39 is 5.60 Å². The molecule has 3 heteroatoms. The van der Waals surface area contributed by atoms with Gasteiger partial charge < -0.3 is 15.2 Å². The Bertz CT molecular complexity index is 131. The molecule has 78 valence electrons. The Morgan fingerprint density at radius 2 is 2.23 bits per heavy atom. The van der Waals surface area contributed by atoms with Crippen molar-refractivity contribution < 1.29 is 9.84 Å². The van der Waals surface area contributed by atoms with Crippen LogP contribution in [0, 0.1) is 0 Å². The highest BCUT2D eigenvalue weighted by Crippen LogP contribution is 2.24. The maximum atomic E-state index is 10.2. The molecule has 1 saturated heterocycles. The van der Waals surface area contributed by atoms with E-state index in [1.165, 1.54) is 0 Å². The van der Waals surface area contributed by atoms with Gasteiger partial charge in [-0.3, -0.25) is 0 Å². The molecule has 1 fully saturated rings. The van der Waals surface area contributed by atoms with Gasteiger partial charge in [0.25, 0.3) is 0 Å². The summed E-state index contributed by atoms with van der Waals surface area (Å²) in [6, 6.07) is 0. The molecule has 1 unspecified atom stereocenters. The third-order valence-corrected chi connectivity index (χ3v) is 2.75. The minimum absolute atomic E-state index is 0.429.